The van der Waals surface area contributed by atoms with E-state index in [-0.39, 0.29) is 11.5 Å². The molecule has 0 radical (unpaired) electrons. The molecule has 1 amide bonds. The molecule has 0 bridgehead atoms. The summed E-state index contributed by atoms with van der Waals surface area (Å²) in [6.45, 7) is 10.6. The first kappa shape index (κ1) is 23.6. The van der Waals surface area contributed by atoms with E-state index in [1.54, 1.807) is 18.9 Å². The Labute approximate surface area is 160 Å². The van der Waals surface area contributed by atoms with Gasteiger partial charge in [0.1, 0.15) is 5.71 Å². The third-order valence-corrected chi connectivity index (χ3v) is 4.21. The van der Waals surface area contributed by atoms with E-state index in [1.807, 2.05) is 36.7 Å². The monoisotopic (exact) mass is 455 g/mol. The van der Waals surface area contributed by atoms with E-state index in [9.17, 15) is 9.90 Å². The normalized spacial score (nSPS) is 15.1. The smallest absolute Gasteiger partial charge is 0.269 e. The second-order valence-electron chi connectivity index (χ2n) is 7.07. The average molecular weight is 455 g/mol. The van der Waals surface area contributed by atoms with E-state index in [4.69, 9.17) is 4.74 Å². The molecule has 0 aliphatic heterocycles. The minimum absolute atomic E-state index is 0.0727. The highest BCUT2D eigenvalue weighted by molar-refractivity contribution is 14.1. The summed E-state index contributed by atoms with van der Waals surface area (Å²) in [7, 11) is 1.78. The molecule has 2 atom stereocenters. The lowest BCUT2D eigenvalue weighted by Crippen LogP contribution is -2.33. The zero-order valence-corrected chi connectivity index (χ0v) is 18.1. The van der Waals surface area contributed by atoms with Gasteiger partial charge in [0, 0.05) is 20.0 Å². The predicted octanol–water partition coefficient (Wildman–Crippen LogP) is 3.48. The molecule has 0 heterocycles. The molecule has 0 aliphatic rings. The Balaban J connectivity index is 4.11. The molecule has 0 saturated heterocycles. The number of hydrogen-bond donors (Lipinski definition) is 2. The second kappa shape index (κ2) is 12.0. The van der Waals surface area contributed by atoms with Crippen LogP contribution in [0.5, 0.6) is 0 Å². The van der Waals surface area contributed by atoms with Crippen molar-refractivity contribution in [3.63, 3.8) is 0 Å². The van der Waals surface area contributed by atoms with Gasteiger partial charge >= 0.3 is 0 Å². The fourth-order valence-corrected chi connectivity index (χ4v) is 3.07. The van der Waals surface area contributed by atoms with Gasteiger partial charge in [-0.05, 0) is 46.0 Å². The summed E-state index contributed by atoms with van der Waals surface area (Å²) in [4.78, 5) is 13.7. The van der Waals surface area contributed by atoms with E-state index in [1.165, 1.54) is 0 Å². The van der Waals surface area contributed by atoms with Gasteiger partial charge in [-0.1, -0.05) is 20.3 Å². The van der Waals surface area contributed by atoms with Crippen molar-refractivity contribution in [2.24, 2.45) is 11.0 Å². The standard InChI is InChI=1S/C17H34IN3O3/c1-7-10-17(4,5)24-15(22)12-13(2)9-8-11-21(6)16(23)14(3)19-20-18/h13,15,20,22H,7-12H2,1-6H3/b19-14+. The lowest BCUT2D eigenvalue weighted by molar-refractivity contribution is -0.182. The molecule has 0 fully saturated rings. The number of hydrogen-bond acceptors (Lipinski definition) is 5. The van der Waals surface area contributed by atoms with Crippen LogP contribution in [-0.4, -0.2) is 47.1 Å². The highest BCUT2D eigenvalue weighted by Gasteiger charge is 2.22. The Kier molecular flexibility index (Phi) is 11.8. The Morgan fingerprint density at radius 3 is 2.62 bits per heavy atom. The summed E-state index contributed by atoms with van der Waals surface area (Å²) in [5.41, 5.74) is 0.159. The van der Waals surface area contributed by atoms with Gasteiger partial charge in [-0.2, -0.15) is 5.10 Å². The minimum atomic E-state index is -0.731. The molecular weight excluding hydrogens is 421 g/mol. The van der Waals surface area contributed by atoms with Crippen LogP contribution in [0.15, 0.2) is 5.10 Å². The first-order chi connectivity index (χ1) is 11.1. The van der Waals surface area contributed by atoms with Gasteiger partial charge in [0.05, 0.1) is 28.5 Å². The molecule has 2 unspecified atom stereocenters. The van der Waals surface area contributed by atoms with Gasteiger partial charge in [0.2, 0.25) is 0 Å². The van der Waals surface area contributed by atoms with Crippen molar-refractivity contribution < 1.29 is 14.6 Å². The Morgan fingerprint density at radius 2 is 2.08 bits per heavy atom. The number of carbonyl (C=O) groups excluding carboxylic acids is 1. The summed E-state index contributed by atoms with van der Waals surface area (Å²) in [6.07, 6.45) is 3.67. The lowest BCUT2D eigenvalue weighted by Gasteiger charge is -2.29. The summed E-state index contributed by atoms with van der Waals surface area (Å²) < 4.78 is 8.34. The quantitative estimate of drug-likeness (QED) is 0.155. The number of nitrogens with one attached hydrogen (secondary N) is 1. The molecule has 7 heteroatoms. The molecule has 0 aliphatic carbocycles. The van der Waals surface area contributed by atoms with Gasteiger partial charge in [-0.15, -0.1) is 0 Å². The summed E-state index contributed by atoms with van der Waals surface area (Å²) in [6, 6.07) is 0. The van der Waals surface area contributed by atoms with Crippen molar-refractivity contribution in [3.8, 4) is 0 Å². The third kappa shape index (κ3) is 10.5. The molecule has 0 aromatic rings. The molecule has 24 heavy (non-hydrogen) atoms. The topological polar surface area (TPSA) is 74.2 Å². The van der Waals surface area contributed by atoms with Crippen molar-refractivity contribution >= 4 is 34.5 Å². The lowest BCUT2D eigenvalue weighted by atomic mass is 10.00. The first-order valence-corrected chi connectivity index (χ1v) is 9.72. The van der Waals surface area contributed by atoms with E-state index < -0.39 is 6.29 Å². The fourth-order valence-electron chi connectivity index (χ4n) is 2.71. The van der Waals surface area contributed by atoms with Crippen LogP contribution in [0.3, 0.4) is 0 Å². The zero-order chi connectivity index (χ0) is 18.8. The Bertz CT molecular complexity index is 403. The number of ether oxygens (including phenoxy) is 1. The number of nitrogens with zero attached hydrogens (tertiary/aromatic N) is 2. The van der Waals surface area contributed by atoms with Gasteiger partial charge in [-0.3, -0.25) is 4.79 Å². The van der Waals surface area contributed by atoms with Gasteiger partial charge < -0.3 is 14.7 Å². The number of rotatable bonds is 12. The number of carbonyl (C=O) groups is 1. The molecule has 0 saturated carbocycles. The highest BCUT2D eigenvalue weighted by Crippen LogP contribution is 2.22. The average Bonchev–Trinajstić information content (AvgIpc) is 2.45. The molecule has 2 N–H and O–H groups in total. The Hall–Kier alpha value is -0.410. The molecular formula is C17H34IN3O3. The van der Waals surface area contributed by atoms with Crippen molar-refractivity contribution in [3.05, 3.63) is 0 Å². The summed E-state index contributed by atoms with van der Waals surface area (Å²) >= 11 is 1.88. The Morgan fingerprint density at radius 1 is 1.46 bits per heavy atom. The van der Waals surface area contributed by atoms with Crippen molar-refractivity contribution in [1.29, 1.82) is 0 Å². The number of halogens is 1. The third-order valence-electron chi connectivity index (χ3n) is 3.97. The van der Waals surface area contributed by atoms with Gasteiger partial charge in [-0.25, -0.2) is 3.64 Å². The van der Waals surface area contributed by atoms with Crippen molar-refractivity contribution in [2.75, 3.05) is 13.6 Å². The van der Waals surface area contributed by atoms with E-state index in [0.717, 1.165) is 25.7 Å². The van der Waals surface area contributed by atoms with Crippen LogP contribution in [0, 0.1) is 5.92 Å². The SMILES string of the molecule is CCCC(C)(C)OC(O)CC(C)CCCN(C)C(=O)/C(C)=N/NI. The van der Waals surface area contributed by atoms with Gasteiger partial charge in [0.15, 0.2) is 6.29 Å². The molecule has 0 aromatic heterocycles. The molecule has 0 spiro atoms. The molecule has 142 valence electrons. The van der Waals surface area contributed by atoms with Crippen LogP contribution < -0.4 is 3.64 Å². The van der Waals surface area contributed by atoms with Crippen LogP contribution in [0.25, 0.3) is 0 Å². The highest BCUT2D eigenvalue weighted by atomic mass is 127. The molecule has 6 nitrogen and oxygen atoms in total. The van der Waals surface area contributed by atoms with Crippen LogP contribution in [0.4, 0.5) is 0 Å². The largest absolute Gasteiger partial charge is 0.368 e. The van der Waals surface area contributed by atoms with Crippen molar-refractivity contribution in [2.45, 2.75) is 78.6 Å². The van der Waals surface area contributed by atoms with Crippen LogP contribution in [0.1, 0.15) is 66.7 Å². The first-order valence-electron chi connectivity index (χ1n) is 8.64. The zero-order valence-electron chi connectivity index (χ0n) is 15.9. The maximum Gasteiger partial charge on any atom is 0.269 e. The van der Waals surface area contributed by atoms with E-state index in [2.05, 4.69) is 22.6 Å². The maximum atomic E-state index is 12.0. The molecule has 0 aromatic carbocycles. The number of amides is 1. The van der Waals surface area contributed by atoms with E-state index >= 15 is 0 Å². The number of aliphatic hydroxyl groups is 1. The summed E-state index contributed by atoms with van der Waals surface area (Å²) in [5, 5.41) is 14.0. The van der Waals surface area contributed by atoms with Gasteiger partial charge in [0.25, 0.3) is 5.91 Å². The van der Waals surface area contributed by atoms with Crippen LogP contribution in [-0.2, 0) is 9.53 Å². The van der Waals surface area contributed by atoms with E-state index in [0.29, 0.717) is 24.6 Å². The van der Waals surface area contributed by atoms with Crippen LogP contribution in [0.2, 0.25) is 0 Å². The minimum Gasteiger partial charge on any atom is -0.368 e. The number of hydrazone groups is 1. The predicted molar refractivity (Wildman–Crippen MR) is 107 cm³/mol. The maximum absolute atomic E-state index is 12.0. The number of aliphatic hydroxyl groups excluding tert-OH is 1. The molecule has 0 rings (SSSR count). The van der Waals surface area contributed by atoms with Crippen LogP contribution >= 0.6 is 22.9 Å². The fraction of sp³-hybridized carbons (Fsp3) is 0.882. The summed E-state index contributed by atoms with van der Waals surface area (Å²) in [5.74, 6) is 0.267. The second-order valence-corrected chi connectivity index (χ2v) is 7.56. The van der Waals surface area contributed by atoms with Crippen molar-refractivity contribution in [1.82, 2.24) is 8.54 Å².